The monoisotopic (exact) mass is 326 g/mol. The molecule has 0 spiro atoms. The number of carbonyl (C=O) groups is 1. The van der Waals surface area contributed by atoms with Crippen molar-refractivity contribution in [3.63, 3.8) is 0 Å². The molecule has 2 N–H and O–H groups in total. The maximum atomic E-state index is 12.0. The maximum absolute atomic E-state index is 12.0. The Balaban J connectivity index is 1.86. The molecule has 0 aliphatic carbocycles. The Morgan fingerprint density at radius 2 is 1.88 bits per heavy atom. The van der Waals surface area contributed by atoms with Crippen molar-refractivity contribution >= 4 is 17.4 Å². The fraction of sp³-hybridized carbons (Fsp3) is 0.368. The van der Waals surface area contributed by atoms with E-state index < -0.39 is 0 Å². The molecule has 0 bridgehead atoms. The van der Waals surface area contributed by atoms with Crippen LogP contribution in [0, 0.1) is 0 Å². The normalized spacial score (nSPS) is 10.7. The van der Waals surface area contributed by atoms with Crippen LogP contribution in [-0.4, -0.2) is 43.0 Å². The number of aryl methyl sites for hydroxylation is 1. The third-order valence-corrected chi connectivity index (χ3v) is 3.73. The summed E-state index contributed by atoms with van der Waals surface area (Å²) in [4.78, 5) is 18.5. The van der Waals surface area contributed by atoms with Gasteiger partial charge in [0.25, 0.3) is 5.91 Å². The van der Waals surface area contributed by atoms with Gasteiger partial charge in [0, 0.05) is 18.4 Å². The largest absolute Gasteiger partial charge is 0.352 e. The molecule has 0 saturated carbocycles. The van der Waals surface area contributed by atoms with E-state index in [0.717, 1.165) is 30.9 Å². The molecule has 0 aliphatic rings. The van der Waals surface area contributed by atoms with Crippen LogP contribution in [0.25, 0.3) is 0 Å². The highest BCUT2D eigenvalue weighted by Crippen LogP contribution is 2.15. The van der Waals surface area contributed by atoms with E-state index in [1.165, 1.54) is 5.56 Å². The van der Waals surface area contributed by atoms with Gasteiger partial charge < -0.3 is 15.5 Å². The number of rotatable bonds is 8. The highest BCUT2D eigenvalue weighted by atomic mass is 16.1. The second-order valence-corrected chi connectivity index (χ2v) is 6.02. The number of nitrogens with one attached hydrogen (secondary N) is 2. The number of hydrogen-bond acceptors (Lipinski definition) is 4. The smallest absolute Gasteiger partial charge is 0.252 e. The van der Waals surface area contributed by atoms with E-state index >= 15 is 0 Å². The molecule has 0 saturated heterocycles. The molecule has 24 heavy (non-hydrogen) atoms. The number of nitrogens with zero attached hydrogens (tertiary/aromatic N) is 2. The molecule has 1 amide bonds. The van der Waals surface area contributed by atoms with Crippen molar-refractivity contribution < 1.29 is 4.79 Å². The standard InChI is InChI=1S/C19H26N4O/c1-4-15-6-9-17(10-7-15)22-18-11-8-16(14-21-18)19(24)20-12-5-13-23(2)3/h6-11,14H,4-5,12-13H2,1-3H3,(H,20,24)(H,21,22). The number of aromatic nitrogens is 1. The highest BCUT2D eigenvalue weighted by Gasteiger charge is 2.06. The SMILES string of the molecule is CCc1ccc(Nc2ccc(C(=O)NCCCN(C)C)cn2)cc1. The lowest BCUT2D eigenvalue weighted by atomic mass is 10.1. The molecule has 1 aromatic carbocycles. The van der Waals surface area contributed by atoms with E-state index in [9.17, 15) is 4.79 Å². The number of benzene rings is 1. The van der Waals surface area contributed by atoms with Gasteiger partial charge in [0.15, 0.2) is 0 Å². The molecule has 1 heterocycles. The summed E-state index contributed by atoms with van der Waals surface area (Å²) in [5.74, 6) is 0.642. The molecular weight excluding hydrogens is 300 g/mol. The van der Waals surface area contributed by atoms with Gasteiger partial charge in [-0.15, -0.1) is 0 Å². The zero-order chi connectivity index (χ0) is 17.4. The third kappa shape index (κ3) is 5.66. The maximum Gasteiger partial charge on any atom is 0.252 e. The van der Waals surface area contributed by atoms with Gasteiger partial charge in [0.05, 0.1) is 5.56 Å². The highest BCUT2D eigenvalue weighted by molar-refractivity contribution is 5.94. The van der Waals surface area contributed by atoms with Crippen LogP contribution >= 0.6 is 0 Å². The molecule has 2 rings (SSSR count). The molecular formula is C19H26N4O. The van der Waals surface area contributed by atoms with Crippen LogP contribution in [0.2, 0.25) is 0 Å². The molecule has 0 fully saturated rings. The number of hydrogen-bond donors (Lipinski definition) is 2. The van der Waals surface area contributed by atoms with Gasteiger partial charge in [0.2, 0.25) is 0 Å². The van der Waals surface area contributed by atoms with E-state index in [1.54, 1.807) is 12.3 Å². The van der Waals surface area contributed by atoms with Gasteiger partial charge >= 0.3 is 0 Å². The van der Waals surface area contributed by atoms with Crippen LogP contribution in [0.15, 0.2) is 42.6 Å². The average Bonchev–Trinajstić information content (AvgIpc) is 2.59. The van der Waals surface area contributed by atoms with E-state index in [2.05, 4.69) is 39.6 Å². The summed E-state index contributed by atoms with van der Waals surface area (Å²) in [6.45, 7) is 3.76. The van der Waals surface area contributed by atoms with E-state index in [0.29, 0.717) is 12.1 Å². The Kier molecular flexibility index (Phi) is 6.75. The molecule has 0 aliphatic heterocycles. The van der Waals surface area contributed by atoms with Crippen LogP contribution in [-0.2, 0) is 6.42 Å². The Hall–Kier alpha value is -2.40. The van der Waals surface area contributed by atoms with Crippen molar-refractivity contribution in [2.24, 2.45) is 0 Å². The first-order chi connectivity index (χ1) is 11.6. The van der Waals surface area contributed by atoms with Crippen LogP contribution in [0.4, 0.5) is 11.5 Å². The summed E-state index contributed by atoms with van der Waals surface area (Å²) < 4.78 is 0. The first-order valence-corrected chi connectivity index (χ1v) is 8.33. The van der Waals surface area contributed by atoms with Crippen LogP contribution in [0.1, 0.15) is 29.3 Å². The summed E-state index contributed by atoms with van der Waals surface area (Å²) >= 11 is 0. The minimum atomic E-state index is -0.0832. The van der Waals surface area contributed by atoms with Crippen molar-refractivity contribution in [3.05, 3.63) is 53.7 Å². The first-order valence-electron chi connectivity index (χ1n) is 8.33. The number of pyridine rings is 1. The summed E-state index contributed by atoms with van der Waals surface area (Å²) in [5.41, 5.74) is 2.86. The number of amides is 1. The summed E-state index contributed by atoms with van der Waals surface area (Å²) in [5, 5.41) is 6.15. The topological polar surface area (TPSA) is 57.3 Å². The Bertz CT molecular complexity index is 635. The van der Waals surface area contributed by atoms with E-state index in [4.69, 9.17) is 0 Å². The lowest BCUT2D eigenvalue weighted by Gasteiger charge is -2.10. The minimum Gasteiger partial charge on any atom is -0.352 e. The second-order valence-electron chi connectivity index (χ2n) is 6.02. The summed E-state index contributed by atoms with van der Waals surface area (Å²) in [6.07, 6.45) is 3.56. The molecule has 5 nitrogen and oxygen atoms in total. The second kappa shape index (κ2) is 9.03. The molecule has 128 valence electrons. The molecule has 2 aromatic rings. The summed E-state index contributed by atoms with van der Waals surface area (Å²) in [6, 6.07) is 11.9. The molecule has 1 aromatic heterocycles. The minimum absolute atomic E-state index is 0.0832. The van der Waals surface area contributed by atoms with Crippen molar-refractivity contribution in [3.8, 4) is 0 Å². The van der Waals surface area contributed by atoms with Gasteiger partial charge in [0.1, 0.15) is 5.82 Å². The number of anilines is 2. The average molecular weight is 326 g/mol. The lowest BCUT2D eigenvalue weighted by molar-refractivity contribution is 0.0952. The van der Waals surface area contributed by atoms with Crippen molar-refractivity contribution in [1.29, 1.82) is 0 Å². The van der Waals surface area contributed by atoms with Crippen molar-refractivity contribution in [2.45, 2.75) is 19.8 Å². The van der Waals surface area contributed by atoms with E-state index in [1.807, 2.05) is 32.3 Å². The zero-order valence-electron chi connectivity index (χ0n) is 14.7. The van der Waals surface area contributed by atoms with Crippen LogP contribution in [0.5, 0.6) is 0 Å². The van der Waals surface area contributed by atoms with Crippen molar-refractivity contribution in [2.75, 3.05) is 32.5 Å². The lowest BCUT2D eigenvalue weighted by Crippen LogP contribution is -2.27. The molecule has 0 unspecified atom stereocenters. The Labute approximate surface area is 144 Å². The van der Waals surface area contributed by atoms with E-state index in [-0.39, 0.29) is 5.91 Å². The third-order valence-electron chi connectivity index (χ3n) is 3.73. The molecule has 0 atom stereocenters. The van der Waals surface area contributed by atoms with Gasteiger partial charge in [-0.3, -0.25) is 4.79 Å². The van der Waals surface area contributed by atoms with Gasteiger partial charge in [-0.2, -0.15) is 0 Å². The molecule has 0 radical (unpaired) electrons. The Morgan fingerprint density at radius 3 is 2.46 bits per heavy atom. The zero-order valence-corrected chi connectivity index (χ0v) is 14.7. The fourth-order valence-electron chi connectivity index (χ4n) is 2.27. The van der Waals surface area contributed by atoms with Crippen LogP contribution in [0.3, 0.4) is 0 Å². The van der Waals surface area contributed by atoms with Gasteiger partial charge in [-0.05, 0) is 63.3 Å². The summed E-state index contributed by atoms with van der Waals surface area (Å²) in [7, 11) is 4.04. The quantitative estimate of drug-likeness (QED) is 0.732. The number of carbonyl (C=O) groups excluding carboxylic acids is 1. The fourth-order valence-corrected chi connectivity index (χ4v) is 2.27. The molecule has 5 heteroatoms. The van der Waals surface area contributed by atoms with Gasteiger partial charge in [-0.25, -0.2) is 4.98 Å². The predicted molar refractivity (Wildman–Crippen MR) is 98.8 cm³/mol. The van der Waals surface area contributed by atoms with Crippen LogP contribution < -0.4 is 10.6 Å². The Morgan fingerprint density at radius 1 is 1.12 bits per heavy atom. The van der Waals surface area contributed by atoms with Crippen molar-refractivity contribution in [1.82, 2.24) is 15.2 Å². The first kappa shape index (κ1) is 17.9. The van der Waals surface area contributed by atoms with Gasteiger partial charge in [-0.1, -0.05) is 19.1 Å². The predicted octanol–water partition coefficient (Wildman–Crippen LogP) is 3.07.